The van der Waals surface area contributed by atoms with Crippen molar-refractivity contribution in [2.24, 2.45) is 0 Å². The van der Waals surface area contributed by atoms with E-state index in [9.17, 15) is 14.4 Å². The number of aromatic nitrogens is 2. The molecule has 3 atom stereocenters. The van der Waals surface area contributed by atoms with Gasteiger partial charge in [0.25, 0.3) is 0 Å². The van der Waals surface area contributed by atoms with Gasteiger partial charge in [0.2, 0.25) is 5.91 Å². The van der Waals surface area contributed by atoms with E-state index >= 15 is 0 Å². The Kier molecular flexibility index (Phi) is 7.86. The first-order chi connectivity index (χ1) is 20.3. The summed E-state index contributed by atoms with van der Waals surface area (Å²) in [5.41, 5.74) is 4.43. The topological polar surface area (TPSA) is 88.8 Å². The zero-order valence-electron chi connectivity index (χ0n) is 24.6. The quantitative estimate of drug-likeness (QED) is 0.441. The number of likely N-dealkylation sites (tertiary alicyclic amines) is 1. The molecule has 220 valence electrons. The van der Waals surface area contributed by atoms with Crippen molar-refractivity contribution in [3.63, 3.8) is 0 Å². The number of rotatable bonds is 6. The lowest BCUT2D eigenvalue weighted by Gasteiger charge is -2.42. The number of nitrogens with zero attached hydrogens (tertiary/aromatic N) is 7. The Bertz CT molecular complexity index is 1520. The number of anilines is 2. The van der Waals surface area contributed by atoms with Gasteiger partial charge in [0.15, 0.2) is 0 Å². The van der Waals surface area contributed by atoms with E-state index in [2.05, 4.69) is 59.2 Å². The number of halogens is 1. The molecule has 42 heavy (non-hydrogen) atoms. The molecule has 0 aliphatic carbocycles. The fraction of sp³-hybridized carbons (Fsp3) is 0.500. The van der Waals surface area contributed by atoms with Gasteiger partial charge in [-0.25, -0.2) is 4.39 Å². The molecule has 0 bridgehead atoms. The number of alkyl halides is 1. The first kappa shape index (κ1) is 28.2. The van der Waals surface area contributed by atoms with Gasteiger partial charge < -0.3 is 19.4 Å². The number of carbonyl (C=O) groups is 1. The standard InChI is InChI=1S/C32H38FN7O2/c1-21-6-4-7-23-8-5-9-29(30(21)23)38-13-11-27-28(19-38)35-32(42-20-26-16-24(33)17-37(26)3)36-31(27)39-14-15-40(22(2)41)25(18-39)10-12-34/h4-9,24-26H,10-11,13-20H2,1-3H3/t24-,25+,26-/m1/s1. The molecular formula is C32H38FN7O2. The molecule has 9 nitrogen and oxygen atoms in total. The molecule has 2 saturated heterocycles. The summed E-state index contributed by atoms with van der Waals surface area (Å²) in [5, 5.41) is 11.9. The molecule has 0 radical (unpaired) electrons. The number of amides is 1. The van der Waals surface area contributed by atoms with E-state index in [0.29, 0.717) is 51.8 Å². The Labute approximate surface area is 246 Å². The molecule has 0 spiro atoms. The van der Waals surface area contributed by atoms with E-state index in [1.54, 1.807) is 11.8 Å². The number of piperazine rings is 1. The van der Waals surface area contributed by atoms with Gasteiger partial charge in [-0.3, -0.25) is 9.69 Å². The van der Waals surface area contributed by atoms with Crippen LogP contribution in [0.2, 0.25) is 0 Å². The lowest BCUT2D eigenvalue weighted by Crippen LogP contribution is -2.55. The van der Waals surface area contributed by atoms with Crippen LogP contribution in [0.5, 0.6) is 6.01 Å². The average Bonchev–Trinajstić information content (AvgIpc) is 3.31. The van der Waals surface area contributed by atoms with Crippen molar-refractivity contribution in [3.05, 3.63) is 53.2 Å². The van der Waals surface area contributed by atoms with Crippen molar-refractivity contribution in [2.45, 2.75) is 57.9 Å². The minimum atomic E-state index is -0.851. The van der Waals surface area contributed by atoms with E-state index in [1.807, 2.05) is 11.9 Å². The highest BCUT2D eigenvalue weighted by Gasteiger charge is 2.34. The molecule has 3 aromatic rings. The number of hydrogen-bond acceptors (Lipinski definition) is 8. The van der Waals surface area contributed by atoms with Gasteiger partial charge in [-0.1, -0.05) is 30.3 Å². The van der Waals surface area contributed by atoms with Crippen molar-refractivity contribution in [1.82, 2.24) is 19.8 Å². The van der Waals surface area contributed by atoms with Crippen molar-refractivity contribution in [3.8, 4) is 12.1 Å². The Morgan fingerprint density at radius 1 is 1.10 bits per heavy atom. The first-order valence-electron chi connectivity index (χ1n) is 14.8. The summed E-state index contributed by atoms with van der Waals surface area (Å²) in [6, 6.07) is 15.1. The number of fused-ring (bicyclic) bond motifs is 2. The minimum absolute atomic E-state index is 0.0171. The molecule has 1 aromatic heterocycles. The lowest BCUT2D eigenvalue weighted by atomic mass is 9.99. The normalized spacial score (nSPS) is 22.7. The largest absolute Gasteiger partial charge is 0.462 e. The molecule has 0 N–H and O–H groups in total. The number of benzene rings is 2. The average molecular weight is 572 g/mol. The monoisotopic (exact) mass is 571 g/mol. The fourth-order valence-corrected chi connectivity index (χ4v) is 6.81. The van der Waals surface area contributed by atoms with Crippen molar-refractivity contribution in [2.75, 3.05) is 56.2 Å². The third-order valence-electron chi connectivity index (χ3n) is 9.01. The van der Waals surface area contributed by atoms with E-state index in [4.69, 9.17) is 14.7 Å². The molecule has 1 amide bonds. The summed E-state index contributed by atoms with van der Waals surface area (Å²) in [6.07, 6.45) is 0.610. The zero-order valence-corrected chi connectivity index (χ0v) is 24.6. The first-order valence-corrected chi connectivity index (χ1v) is 14.8. The predicted molar refractivity (Wildman–Crippen MR) is 161 cm³/mol. The maximum atomic E-state index is 14.0. The van der Waals surface area contributed by atoms with E-state index in [1.165, 1.54) is 22.0 Å². The van der Waals surface area contributed by atoms with Crippen molar-refractivity contribution >= 4 is 28.2 Å². The fourth-order valence-electron chi connectivity index (χ4n) is 6.81. The van der Waals surface area contributed by atoms with Crippen LogP contribution in [0, 0.1) is 18.3 Å². The molecule has 2 aromatic carbocycles. The summed E-state index contributed by atoms with van der Waals surface area (Å²) in [6.45, 7) is 7.53. The predicted octanol–water partition coefficient (Wildman–Crippen LogP) is 3.87. The van der Waals surface area contributed by atoms with Crippen molar-refractivity contribution in [1.29, 1.82) is 5.26 Å². The number of likely N-dealkylation sites (N-methyl/N-ethyl adjacent to an activating group) is 1. The SMILES string of the molecule is CC(=O)N1CCN(c2nc(OC[C@H]3C[C@@H](F)CN3C)nc3c2CCN(c2cccc4cccc(C)c24)C3)C[C@@H]1CC#N. The third kappa shape index (κ3) is 5.45. The molecule has 4 heterocycles. The molecule has 3 aliphatic heterocycles. The Balaban J connectivity index is 1.34. The molecular weight excluding hydrogens is 533 g/mol. The van der Waals surface area contributed by atoms with Crippen LogP contribution in [0.1, 0.15) is 36.6 Å². The van der Waals surface area contributed by atoms with Crippen LogP contribution in [0.3, 0.4) is 0 Å². The maximum Gasteiger partial charge on any atom is 0.318 e. The van der Waals surface area contributed by atoms with Crippen LogP contribution >= 0.6 is 0 Å². The molecule has 0 unspecified atom stereocenters. The molecule has 10 heteroatoms. The van der Waals surface area contributed by atoms with Gasteiger partial charge >= 0.3 is 6.01 Å². The number of hydrogen-bond donors (Lipinski definition) is 0. The van der Waals surface area contributed by atoms with Gasteiger partial charge in [-0.15, -0.1) is 0 Å². The minimum Gasteiger partial charge on any atom is -0.462 e. The molecule has 6 rings (SSSR count). The summed E-state index contributed by atoms with van der Waals surface area (Å²) < 4.78 is 20.2. The smallest absolute Gasteiger partial charge is 0.318 e. The van der Waals surface area contributed by atoms with Gasteiger partial charge in [0, 0.05) is 62.3 Å². The van der Waals surface area contributed by atoms with Crippen LogP contribution in [-0.2, 0) is 17.8 Å². The van der Waals surface area contributed by atoms with Crippen molar-refractivity contribution < 1.29 is 13.9 Å². The number of carbonyl (C=O) groups excluding carboxylic acids is 1. The Hall–Kier alpha value is -3.97. The summed E-state index contributed by atoms with van der Waals surface area (Å²) in [4.78, 5) is 30.5. The van der Waals surface area contributed by atoms with Crippen LogP contribution in [0.15, 0.2) is 36.4 Å². The van der Waals surface area contributed by atoms with Gasteiger partial charge in [0.05, 0.1) is 30.8 Å². The van der Waals surface area contributed by atoms with Gasteiger partial charge in [0.1, 0.15) is 18.6 Å². The maximum absolute atomic E-state index is 14.0. The Morgan fingerprint density at radius 2 is 1.90 bits per heavy atom. The van der Waals surface area contributed by atoms with E-state index in [0.717, 1.165) is 30.0 Å². The lowest BCUT2D eigenvalue weighted by molar-refractivity contribution is -0.131. The molecule has 3 aliphatic rings. The third-order valence-corrected chi connectivity index (χ3v) is 9.01. The summed E-state index contributed by atoms with van der Waals surface area (Å²) in [5.74, 6) is 0.801. The summed E-state index contributed by atoms with van der Waals surface area (Å²) in [7, 11) is 1.92. The van der Waals surface area contributed by atoms with Crippen LogP contribution in [-0.4, -0.2) is 90.3 Å². The van der Waals surface area contributed by atoms with E-state index < -0.39 is 6.17 Å². The number of nitriles is 1. The summed E-state index contributed by atoms with van der Waals surface area (Å²) >= 11 is 0. The Morgan fingerprint density at radius 3 is 2.64 bits per heavy atom. The molecule has 2 fully saturated rings. The van der Waals surface area contributed by atoms with E-state index in [-0.39, 0.29) is 24.4 Å². The van der Waals surface area contributed by atoms with Gasteiger partial charge in [-0.2, -0.15) is 15.2 Å². The highest BCUT2D eigenvalue weighted by atomic mass is 19.1. The second kappa shape index (κ2) is 11.7. The van der Waals surface area contributed by atoms with Crippen LogP contribution < -0.4 is 14.5 Å². The second-order valence-corrected chi connectivity index (χ2v) is 11.8. The van der Waals surface area contributed by atoms with Crippen LogP contribution in [0.4, 0.5) is 15.9 Å². The zero-order chi connectivity index (χ0) is 29.4. The number of aryl methyl sites for hydroxylation is 1. The van der Waals surface area contributed by atoms with Crippen LogP contribution in [0.25, 0.3) is 10.8 Å². The molecule has 0 saturated carbocycles. The highest BCUT2D eigenvalue weighted by molar-refractivity contribution is 5.97. The number of ether oxygens (including phenoxy) is 1. The highest BCUT2D eigenvalue weighted by Crippen LogP contribution is 2.36. The second-order valence-electron chi connectivity index (χ2n) is 11.8. The van der Waals surface area contributed by atoms with Gasteiger partial charge in [-0.05, 0) is 43.8 Å².